The van der Waals surface area contributed by atoms with Gasteiger partial charge in [0.05, 0.1) is 19.3 Å². The molecule has 0 aromatic heterocycles. The highest BCUT2D eigenvalue weighted by Crippen LogP contribution is 2.19. The summed E-state index contributed by atoms with van der Waals surface area (Å²) in [5.74, 6) is 0. The molecule has 1 aliphatic rings. The number of hydrogen-bond donors (Lipinski definition) is 1. The van der Waals surface area contributed by atoms with Gasteiger partial charge in [-0.15, -0.1) is 0 Å². The van der Waals surface area contributed by atoms with Crippen molar-refractivity contribution in [3.05, 3.63) is 0 Å². The van der Waals surface area contributed by atoms with E-state index in [1.807, 2.05) is 7.05 Å². The Balaban J connectivity index is 2.32. The topological polar surface area (TPSA) is 30.5 Å². The minimum absolute atomic E-state index is 0.380. The Hall–Kier alpha value is -0.120. The van der Waals surface area contributed by atoms with E-state index in [2.05, 4.69) is 5.32 Å². The van der Waals surface area contributed by atoms with E-state index in [0.29, 0.717) is 18.8 Å². The van der Waals surface area contributed by atoms with Crippen molar-refractivity contribution >= 4 is 0 Å². The van der Waals surface area contributed by atoms with Crippen molar-refractivity contribution in [1.29, 1.82) is 0 Å². The van der Waals surface area contributed by atoms with E-state index in [4.69, 9.17) is 9.47 Å². The summed E-state index contributed by atoms with van der Waals surface area (Å²) in [5, 5.41) is 3.38. The van der Waals surface area contributed by atoms with Crippen molar-refractivity contribution in [3.8, 4) is 0 Å². The largest absolute Gasteiger partial charge is 0.382 e. The summed E-state index contributed by atoms with van der Waals surface area (Å²) in [6.45, 7) is 1.42. The van der Waals surface area contributed by atoms with Crippen LogP contribution >= 0.6 is 0 Å². The molecule has 0 aromatic rings. The fraction of sp³-hybridized carbons (Fsp3) is 1.00. The SMILES string of the molecule is CNC1CCCCCCC1OCCOC. The average Bonchev–Trinajstić information content (AvgIpc) is 2.22. The number of nitrogens with one attached hydrogen (secondary N) is 1. The number of hydrogen-bond acceptors (Lipinski definition) is 3. The predicted molar refractivity (Wildman–Crippen MR) is 62.2 cm³/mol. The van der Waals surface area contributed by atoms with Crippen LogP contribution < -0.4 is 5.32 Å². The van der Waals surface area contributed by atoms with Crippen molar-refractivity contribution in [2.45, 2.75) is 50.7 Å². The summed E-state index contributed by atoms with van der Waals surface area (Å²) in [5.41, 5.74) is 0. The van der Waals surface area contributed by atoms with Crippen LogP contribution in [0.4, 0.5) is 0 Å². The molecule has 1 saturated carbocycles. The zero-order valence-electron chi connectivity index (χ0n) is 10.1. The maximum Gasteiger partial charge on any atom is 0.0729 e. The van der Waals surface area contributed by atoms with Gasteiger partial charge in [-0.05, 0) is 19.9 Å². The van der Waals surface area contributed by atoms with E-state index in [-0.39, 0.29) is 0 Å². The zero-order valence-corrected chi connectivity index (χ0v) is 10.1. The summed E-state index contributed by atoms with van der Waals surface area (Å²) >= 11 is 0. The highest BCUT2D eigenvalue weighted by atomic mass is 16.5. The van der Waals surface area contributed by atoms with Crippen molar-refractivity contribution in [3.63, 3.8) is 0 Å². The van der Waals surface area contributed by atoms with Gasteiger partial charge in [0.2, 0.25) is 0 Å². The lowest BCUT2D eigenvalue weighted by Gasteiger charge is -2.29. The highest BCUT2D eigenvalue weighted by Gasteiger charge is 2.21. The number of methoxy groups -OCH3 is 1. The van der Waals surface area contributed by atoms with Gasteiger partial charge in [0.1, 0.15) is 0 Å². The van der Waals surface area contributed by atoms with Gasteiger partial charge >= 0.3 is 0 Å². The first-order chi connectivity index (χ1) is 7.38. The van der Waals surface area contributed by atoms with Crippen LogP contribution in [0.1, 0.15) is 38.5 Å². The van der Waals surface area contributed by atoms with Gasteiger partial charge < -0.3 is 14.8 Å². The summed E-state index contributed by atoms with van der Waals surface area (Å²) in [7, 11) is 3.76. The molecule has 0 bridgehead atoms. The Morgan fingerprint density at radius 3 is 2.47 bits per heavy atom. The van der Waals surface area contributed by atoms with Crippen LogP contribution in [0.15, 0.2) is 0 Å². The molecule has 0 saturated heterocycles. The minimum atomic E-state index is 0.380. The molecular formula is C12H25NO2. The molecular weight excluding hydrogens is 190 g/mol. The predicted octanol–water partition coefficient (Wildman–Crippen LogP) is 1.96. The van der Waals surface area contributed by atoms with Gasteiger partial charge in [0, 0.05) is 13.2 Å². The van der Waals surface area contributed by atoms with Crippen LogP contribution in [0.25, 0.3) is 0 Å². The summed E-state index contributed by atoms with van der Waals surface area (Å²) in [6.07, 6.45) is 8.18. The lowest BCUT2D eigenvalue weighted by atomic mass is 9.94. The Kier molecular flexibility index (Phi) is 6.98. The molecule has 3 nitrogen and oxygen atoms in total. The molecule has 0 heterocycles. The van der Waals surface area contributed by atoms with Crippen molar-refractivity contribution in [1.82, 2.24) is 5.32 Å². The fourth-order valence-corrected chi connectivity index (χ4v) is 2.26. The lowest BCUT2D eigenvalue weighted by Crippen LogP contribution is -2.40. The first kappa shape index (κ1) is 12.9. The number of likely N-dealkylation sites (N-methyl/N-ethyl adjacent to an activating group) is 1. The molecule has 1 aliphatic carbocycles. The third-order valence-corrected chi connectivity index (χ3v) is 3.19. The van der Waals surface area contributed by atoms with E-state index in [0.717, 1.165) is 6.61 Å². The van der Waals surface area contributed by atoms with Crippen LogP contribution in [0.2, 0.25) is 0 Å². The maximum absolute atomic E-state index is 5.87. The molecule has 1 N–H and O–H groups in total. The fourth-order valence-electron chi connectivity index (χ4n) is 2.26. The normalized spacial score (nSPS) is 28.4. The van der Waals surface area contributed by atoms with Gasteiger partial charge in [0.15, 0.2) is 0 Å². The van der Waals surface area contributed by atoms with Crippen LogP contribution in [0, 0.1) is 0 Å². The average molecular weight is 215 g/mol. The third-order valence-electron chi connectivity index (χ3n) is 3.19. The second-order valence-electron chi connectivity index (χ2n) is 4.29. The third kappa shape index (κ3) is 4.96. The van der Waals surface area contributed by atoms with Crippen LogP contribution in [-0.2, 0) is 9.47 Å². The molecule has 0 spiro atoms. The second-order valence-corrected chi connectivity index (χ2v) is 4.29. The number of rotatable bonds is 5. The molecule has 15 heavy (non-hydrogen) atoms. The first-order valence-corrected chi connectivity index (χ1v) is 6.16. The van der Waals surface area contributed by atoms with Gasteiger partial charge in [-0.25, -0.2) is 0 Å². The smallest absolute Gasteiger partial charge is 0.0729 e. The van der Waals surface area contributed by atoms with Crippen molar-refractivity contribution in [2.75, 3.05) is 27.4 Å². The highest BCUT2D eigenvalue weighted by molar-refractivity contribution is 4.78. The van der Waals surface area contributed by atoms with E-state index in [1.165, 1.54) is 38.5 Å². The molecule has 3 heteroatoms. The quantitative estimate of drug-likeness (QED) is 0.711. The zero-order chi connectivity index (χ0) is 10.9. The first-order valence-electron chi connectivity index (χ1n) is 6.16. The molecule has 0 aromatic carbocycles. The monoisotopic (exact) mass is 215 g/mol. The molecule has 2 unspecified atom stereocenters. The Bertz CT molecular complexity index is 153. The maximum atomic E-state index is 5.87. The molecule has 1 fully saturated rings. The second kappa shape index (κ2) is 8.08. The Labute approximate surface area is 93.5 Å². The summed E-state index contributed by atoms with van der Waals surface area (Å²) < 4.78 is 10.9. The van der Waals surface area contributed by atoms with Crippen LogP contribution in [-0.4, -0.2) is 39.5 Å². The summed E-state index contributed by atoms with van der Waals surface area (Å²) in [4.78, 5) is 0. The molecule has 90 valence electrons. The number of ether oxygens (including phenoxy) is 2. The lowest BCUT2D eigenvalue weighted by molar-refractivity contribution is -0.00999. The van der Waals surface area contributed by atoms with E-state index >= 15 is 0 Å². The molecule has 2 atom stereocenters. The molecule has 1 rings (SSSR count). The van der Waals surface area contributed by atoms with Crippen molar-refractivity contribution < 1.29 is 9.47 Å². The van der Waals surface area contributed by atoms with E-state index in [9.17, 15) is 0 Å². The Morgan fingerprint density at radius 1 is 1.07 bits per heavy atom. The molecule has 0 amide bonds. The van der Waals surface area contributed by atoms with Gasteiger partial charge in [0.25, 0.3) is 0 Å². The van der Waals surface area contributed by atoms with Crippen molar-refractivity contribution in [2.24, 2.45) is 0 Å². The van der Waals surface area contributed by atoms with Crippen LogP contribution in [0.3, 0.4) is 0 Å². The standard InChI is InChI=1S/C12H25NO2/c1-13-11-7-5-3-4-6-8-12(11)15-10-9-14-2/h11-13H,3-10H2,1-2H3. The van der Waals surface area contributed by atoms with Gasteiger partial charge in [-0.1, -0.05) is 25.7 Å². The molecule has 0 radical (unpaired) electrons. The van der Waals surface area contributed by atoms with E-state index < -0.39 is 0 Å². The van der Waals surface area contributed by atoms with E-state index in [1.54, 1.807) is 7.11 Å². The summed E-state index contributed by atoms with van der Waals surface area (Å²) in [6, 6.07) is 0.530. The minimum Gasteiger partial charge on any atom is -0.382 e. The van der Waals surface area contributed by atoms with Gasteiger partial charge in [-0.2, -0.15) is 0 Å². The molecule has 0 aliphatic heterocycles. The van der Waals surface area contributed by atoms with Gasteiger partial charge in [-0.3, -0.25) is 0 Å². The Morgan fingerprint density at radius 2 is 1.80 bits per heavy atom. The van der Waals surface area contributed by atoms with Crippen LogP contribution in [0.5, 0.6) is 0 Å².